The quantitative estimate of drug-likeness (QED) is 0.714. The lowest BCUT2D eigenvalue weighted by molar-refractivity contribution is -0.118. The number of hydrogen-bond donors (Lipinski definition) is 1. The van der Waals surface area contributed by atoms with Crippen molar-refractivity contribution in [3.05, 3.63) is 90.5 Å². The van der Waals surface area contributed by atoms with E-state index in [9.17, 15) is 9.59 Å². The highest BCUT2D eigenvalue weighted by Crippen LogP contribution is 2.37. The second-order valence-electron chi connectivity index (χ2n) is 6.22. The number of rotatable bonds is 4. The third-order valence-corrected chi connectivity index (χ3v) is 4.49. The summed E-state index contributed by atoms with van der Waals surface area (Å²) in [6.07, 6.45) is 0.112. The predicted octanol–water partition coefficient (Wildman–Crippen LogP) is 4.42. The topological polar surface area (TPSA) is 49.4 Å². The van der Waals surface area contributed by atoms with Crippen LogP contribution in [-0.2, 0) is 4.79 Å². The molecule has 1 N–H and O–H groups in total. The molecule has 3 aromatic carbocycles. The molecule has 0 fully saturated rings. The van der Waals surface area contributed by atoms with Crippen LogP contribution in [0.5, 0.6) is 0 Å². The molecule has 1 unspecified atom stereocenters. The Morgan fingerprint density at radius 3 is 2.19 bits per heavy atom. The lowest BCUT2D eigenvalue weighted by Crippen LogP contribution is -2.45. The summed E-state index contributed by atoms with van der Waals surface area (Å²) in [7, 11) is 0. The first-order valence-electron chi connectivity index (χ1n) is 8.57. The van der Waals surface area contributed by atoms with Crippen LogP contribution in [-0.4, -0.2) is 17.7 Å². The fraction of sp³-hybridized carbons (Fsp3) is 0.0909. The second kappa shape index (κ2) is 6.84. The normalized spacial score (nSPS) is 15.9. The minimum atomic E-state index is -0.599. The van der Waals surface area contributed by atoms with Gasteiger partial charge in [0.05, 0.1) is 11.4 Å². The van der Waals surface area contributed by atoms with Gasteiger partial charge in [-0.2, -0.15) is 0 Å². The molecule has 1 heterocycles. The number of carbonyl (C=O) groups excluding carboxylic acids is 2. The Kier molecular flexibility index (Phi) is 4.23. The largest absolute Gasteiger partial charge is 0.372 e. The minimum absolute atomic E-state index is 0.0520. The summed E-state index contributed by atoms with van der Waals surface area (Å²) >= 11 is 0. The molecule has 0 radical (unpaired) electrons. The van der Waals surface area contributed by atoms with Crippen LogP contribution < -0.4 is 10.2 Å². The second-order valence-corrected chi connectivity index (χ2v) is 6.22. The van der Waals surface area contributed by atoms with Crippen molar-refractivity contribution < 1.29 is 9.59 Å². The molecule has 4 nitrogen and oxygen atoms in total. The Labute approximate surface area is 152 Å². The van der Waals surface area contributed by atoms with Gasteiger partial charge in [0.2, 0.25) is 0 Å². The predicted molar refractivity (Wildman–Crippen MR) is 103 cm³/mol. The monoisotopic (exact) mass is 342 g/mol. The van der Waals surface area contributed by atoms with E-state index < -0.39 is 6.04 Å². The Morgan fingerprint density at radius 1 is 0.846 bits per heavy atom. The number of fused-ring (bicyclic) bond motifs is 1. The molecule has 0 spiro atoms. The highest BCUT2D eigenvalue weighted by molar-refractivity contribution is 6.12. The molecule has 1 amide bonds. The number of nitrogens with zero attached hydrogens (tertiary/aromatic N) is 1. The Bertz CT molecular complexity index is 939. The van der Waals surface area contributed by atoms with Crippen molar-refractivity contribution in [3.63, 3.8) is 0 Å². The third-order valence-electron chi connectivity index (χ3n) is 4.49. The van der Waals surface area contributed by atoms with Gasteiger partial charge in [-0.1, -0.05) is 60.7 Å². The number of ketones is 1. The van der Waals surface area contributed by atoms with Crippen LogP contribution in [0.3, 0.4) is 0 Å². The van der Waals surface area contributed by atoms with E-state index in [0.29, 0.717) is 5.56 Å². The van der Waals surface area contributed by atoms with E-state index >= 15 is 0 Å². The van der Waals surface area contributed by atoms with Gasteiger partial charge in [-0.25, -0.2) is 0 Å². The van der Waals surface area contributed by atoms with Crippen molar-refractivity contribution in [3.8, 4) is 0 Å². The highest BCUT2D eigenvalue weighted by atomic mass is 16.2. The number of para-hydroxylation sites is 3. The molecule has 0 aromatic heterocycles. The lowest BCUT2D eigenvalue weighted by Gasteiger charge is -2.35. The fourth-order valence-electron chi connectivity index (χ4n) is 3.22. The summed E-state index contributed by atoms with van der Waals surface area (Å²) in [6.45, 7) is 0. The highest BCUT2D eigenvalue weighted by Gasteiger charge is 2.34. The summed E-state index contributed by atoms with van der Waals surface area (Å²) in [5.41, 5.74) is 3.06. The van der Waals surface area contributed by atoms with Gasteiger partial charge in [0, 0.05) is 17.7 Å². The van der Waals surface area contributed by atoms with Gasteiger partial charge in [-0.05, 0) is 24.3 Å². The molecule has 0 bridgehead atoms. The molecular weight excluding hydrogens is 324 g/mol. The molecule has 4 rings (SSSR count). The van der Waals surface area contributed by atoms with Gasteiger partial charge < -0.3 is 5.32 Å². The van der Waals surface area contributed by atoms with E-state index in [-0.39, 0.29) is 18.1 Å². The van der Waals surface area contributed by atoms with E-state index in [4.69, 9.17) is 0 Å². The summed E-state index contributed by atoms with van der Waals surface area (Å²) in [6, 6.07) is 25.6. The maximum atomic E-state index is 13.2. The molecule has 1 aliphatic heterocycles. The third kappa shape index (κ3) is 2.97. The SMILES string of the molecule is O=C(CC1Nc2ccccc2N(c2ccccc2)C1=O)c1ccccc1. The van der Waals surface area contributed by atoms with E-state index in [2.05, 4.69) is 5.32 Å². The Morgan fingerprint density at radius 2 is 1.46 bits per heavy atom. The minimum Gasteiger partial charge on any atom is -0.372 e. The van der Waals surface area contributed by atoms with Crippen LogP contribution >= 0.6 is 0 Å². The number of nitrogens with one attached hydrogen (secondary N) is 1. The van der Waals surface area contributed by atoms with Gasteiger partial charge >= 0.3 is 0 Å². The summed E-state index contributed by atoms with van der Waals surface area (Å²) in [5.74, 6) is -0.178. The first-order chi connectivity index (χ1) is 12.7. The Hall–Kier alpha value is -3.40. The number of carbonyl (C=O) groups is 2. The number of benzene rings is 3. The first-order valence-corrected chi connectivity index (χ1v) is 8.57. The first kappa shape index (κ1) is 16.1. The summed E-state index contributed by atoms with van der Waals surface area (Å²) in [5, 5.41) is 3.24. The lowest BCUT2D eigenvalue weighted by atomic mass is 9.99. The zero-order chi connectivity index (χ0) is 17.9. The molecule has 0 saturated heterocycles. The molecule has 128 valence electrons. The van der Waals surface area contributed by atoms with E-state index in [1.807, 2.05) is 72.8 Å². The average molecular weight is 342 g/mol. The standard InChI is InChI=1S/C22H18N2O2/c25-21(16-9-3-1-4-10-16)15-19-22(26)24(17-11-5-2-6-12-17)20-14-8-7-13-18(20)23-19/h1-14,19,23H,15H2. The number of Topliss-reactive ketones (excluding diaryl/α,β-unsaturated/α-hetero) is 1. The number of hydrogen-bond acceptors (Lipinski definition) is 3. The molecule has 1 aliphatic rings. The maximum absolute atomic E-state index is 13.2. The zero-order valence-corrected chi connectivity index (χ0v) is 14.1. The smallest absolute Gasteiger partial charge is 0.254 e. The summed E-state index contributed by atoms with van der Waals surface area (Å²) < 4.78 is 0. The number of anilines is 3. The molecule has 3 aromatic rings. The van der Waals surface area contributed by atoms with Crippen molar-refractivity contribution in [2.24, 2.45) is 0 Å². The molecule has 0 saturated carbocycles. The maximum Gasteiger partial charge on any atom is 0.254 e. The molecule has 26 heavy (non-hydrogen) atoms. The van der Waals surface area contributed by atoms with Crippen LogP contribution in [0.15, 0.2) is 84.9 Å². The van der Waals surface area contributed by atoms with Gasteiger partial charge in [0.25, 0.3) is 5.91 Å². The van der Waals surface area contributed by atoms with Gasteiger partial charge in [-0.3, -0.25) is 14.5 Å². The Balaban J connectivity index is 1.68. The van der Waals surface area contributed by atoms with Crippen LogP contribution in [0.4, 0.5) is 17.1 Å². The van der Waals surface area contributed by atoms with Crippen LogP contribution in [0, 0.1) is 0 Å². The fourth-order valence-corrected chi connectivity index (χ4v) is 3.22. The van der Waals surface area contributed by atoms with Crippen molar-refractivity contribution >= 4 is 28.8 Å². The van der Waals surface area contributed by atoms with Crippen molar-refractivity contribution in [2.45, 2.75) is 12.5 Å². The van der Waals surface area contributed by atoms with Crippen LogP contribution in [0.2, 0.25) is 0 Å². The average Bonchev–Trinajstić information content (AvgIpc) is 2.70. The van der Waals surface area contributed by atoms with Gasteiger partial charge in [0.1, 0.15) is 6.04 Å². The zero-order valence-electron chi connectivity index (χ0n) is 14.1. The van der Waals surface area contributed by atoms with Gasteiger partial charge in [-0.15, -0.1) is 0 Å². The van der Waals surface area contributed by atoms with Gasteiger partial charge in [0.15, 0.2) is 5.78 Å². The van der Waals surface area contributed by atoms with Crippen molar-refractivity contribution in [2.75, 3.05) is 10.2 Å². The summed E-state index contributed by atoms with van der Waals surface area (Å²) in [4.78, 5) is 27.5. The molecule has 4 heteroatoms. The molecule has 0 aliphatic carbocycles. The molecular formula is C22H18N2O2. The number of amides is 1. The van der Waals surface area contributed by atoms with E-state index in [1.54, 1.807) is 17.0 Å². The van der Waals surface area contributed by atoms with Crippen LogP contribution in [0.25, 0.3) is 0 Å². The van der Waals surface area contributed by atoms with E-state index in [0.717, 1.165) is 17.1 Å². The van der Waals surface area contributed by atoms with E-state index in [1.165, 1.54) is 0 Å². The molecule has 1 atom stereocenters. The van der Waals surface area contributed by atoms with Crippen LogP contribution in [0.1, 0.15) is 16.8 Å². The van der Waals surface area contributed by atoms with Crippen molar-refractivity contribution in [1.29, 1.82) is 0 Å². The van der Waals surface area contributed by atoms with Crippen molar-refractivity contribution in [1.82, 2.24) is 0 Å².